The summed E-state index contributed by atoms with van der Waals surface area (Å²) in [6.07, 6.45) is -0.565. The predicted octanol–water partition coefficient (Wildman–Crippen LogP) is 2.94. The third-order valence-corrected chi connectivity index (χ3v) is 3.23. The second-order valence-electron chi connectivity index (χ2n) is 3.17. The first-order valence-corrected chi connectivity index (χ1v) is 5.17. The van der Waals surface area contributed by atoms with E-state index in [9.17, 15) is 4.39 Å². The average Bonchev–Trinajstić information content (AvgIpc) is 2.65. The number of hydrogen-bond acceptors (Lipinski definition) is 2. The maximum absolute atomic E-state index is 13.5. The standard InChI is InChI=1S/C10H10BrFO2/c1-6-2-3-7(12)8(9(6)11)10-13-4-5-14-10/h2-3,10H,4-5H2,1H3. The van der Waals surface area contributed by atoms with E-state index in [-0.39, 0.29) is 5.82 Å². The Morgan fingerprint density at radius 2 is 2.00 bits per heavy atom. The Bertz CT molecular complexity index is 348. The minimum atomic E-state index is -0.565. The molecule has 1 aliphatic rings. The summed E-state index contributed by atoms with van der Waals surface area (Å²) < 4.78 is 24.7. The highest BCUT2D eigenvalue weighted by molar-refractivity contribution is 9.10. The van der Waals surface area contributed by atoms with Crippen molar-refractivity contribution >= 4 is 15.9 Å². The number of benzene rings is 1. The van der Waals surface area contributed by atoms with E-state index in [1.165, 1.54) is 6.07 Å². The second kappa shape index (κ2) is 3.96. The SMILES string of the molecule is Cc1ccc(F)c(C2OCCO2)c1Br. The monoisotopic (exact) mass is 260 g/mol. The summed E-state index contributed by atoms with van der Waals surface area (Å²) in [5, 5.41) is 0. The molecule has 0 saturated carbocycles. The van der Waals surface area contributed by atoms with Gasteiger partial charge in [0.1, 0.15) is 5.82 Å². The Kier molecular flexibility index (Phi) is 2.85. The zero-order valence-electron chi connectivity index (χ0n) is 7.72. The summed E-state index contributed by atoms with van der Waals surface area (Å²) in [4.78, 5) is 0. The number of halogens is 2. The van der Waals surface area contributed by atoms with Crippen LogP contribution in [0.1, 0.15) is 17.4 Å². The highest BCUT2D eigenvalue weighted by atomic mass is 79.9. The van der Waals surface area contributed by atoms with Crippen LogP contribution >= 0.6 is 15.9 Å². The molecule has 1 heterocycles. The number of hydrogen-bond donors (Lipinski definition) is 0. The maximum atomic E-state index is 13.5. The van der Waals surface area contributed by atoms with Gasteiger partial charge in [-0.1, -0.05) is 6.07 Å². The molecule has 1 aromatic rings. The molecule has 0 aliphatic carbocycles. The van der Waals surface area contributed by atoms with Crippen molar-refractivity contribution in [2.45, 2.75) is 13.2 Å². The Morgan fingerprint density at radius 3 is 2.64 bits per heavy atom. The van der Waals surface area contributed by atoms with Gasteiger partial charge in [-0.15, -0.1) is 0 Å². The van der Waals surface area contributed by atoms with E-state index in [0.29, 0.717) is 18.8 Å². The van der Waals surface area contributed by atoms with Gasteiger partial charge >= 0.3 is 0 Å². The minimum Gasteiger partial charge on any atom is -0.346 e. The lowest BCUT2D eigenvalue weighted by atomic mass is 10.1. The molecule has 0 aromatic heterocycles. The van der Waals surface area contributed by atoms with E-state index in [0.717, 1.165) is 10.0 Å². The third-order valence-electron chi connectivity index (χ3n) is 2.18. The van der Waals surface area contributed by atoms with Gasteiger partial charge in [0, 0.05) is 4.47 Å². The molecule has 0 bridgehead atoms. The first-order chi connectivity index (χ1) is 6.70. The van der Waals surface area contributed by atoms with E-state index in [1.807, 2.05) is 6.92 Å². The summed E-state index contributed by atoms with van der Waals surface area (Å²) >= 11 is 3.34. The van der Waals surface area contributed by atoms with Crippen LogP contribution in [0.5, 0.6) is 0 Å². The van der Waals surface area contributed by atoms with Crippen LogP contribution in [-0.2, 0) is 9.47 Å². The van der Waals surface area contributed by atoms with Crippen molar-refractivity contribution in [2.24, 2.45) is 0 Å². The number of aryl methyl sites for hydroxylation is 1. The molecule has 1 fully saturated rings. The van der Waals surface area contributed by atoms with Crippen LogP contribution in [0.2, 0.25) is 0 Å². The van der Waals surface area contributed by atoms with Crippen molar-refractivity contribution in [2.75, 3.05) is 13.2 Å². The molecule has 4 heteroatoms. The Morgan fingerprint density at radius 1 is 1.36 bits per heavy atom. The molecular formula is C10H10BrFO2. The van der Waals surface area contributed by atoms with E-state index in [2.05, 4.69) is 15.9 Å². The first kappa shape index (κ1) is 10.1. The molecule has 0 spiro atoms. The second-order valence-corrected chi connectivity index (χ2v) is 3.96. The van der Waals surface area contributed by atoms with Gasteiger partial charge in [0.2, 0.25) is 0 Å². The fraction of sp³-hybridized carbons (Fsp3) is 0.400. The number of ether oxygens (including phenoxy) is 2. The van der Waals surface area contributed by atoms with Gasteiger partial charge in [-0.25, -0.2) is 4.39 Å². The summed E-state index contributed by atoms with van der Waals surface area (Å²) in [7, 11) is 0. The molecular weight excluding hydrogens is 251 g/mol. The van der Waals surface area contributed by atoms with E-state index >= 15 is 0 Å². The lowest BCUT2D eigenvalue weighted by Crippen LogP contribution is -2.03. The molecule has 0 amide bonds. The van der Waals surface area contributed by atoms with Gasteiger partial charge in [0.15, 0.2) is 6.29 Å². The maximum Gasteiger partial charge on any atom is 0.187 e. The van der Waals surface area contributed by atoms with Gasteiger partial charge in [0.05, 0.1) is 18.8 Å². The van der Waals surface area contributed by atoms with Crippen LogP contribution in [0.15, 0.2) is 16.6 Å². The molecule has 1 saturated heterocycles. The van der Waals surface area contributed by atoms with Gasteiger partial charge in [-0.3, -0.25) is 0 Å². The van der Waals surface area contributed by atoms with Crippen LogP contribution in [0.4, 0.5) is 4.39 Å². The van der Waals surface area contributed by atoms with E-state index in [1.54, 1.807) is 6.07 Å². The Labute approximate surface area is 90.1 Å². The highest BCUT2D eigenvalue weighted by Crippen LogP contribution is 2.33. The first-order valence-electron chi connectivity index (χ1n) is 4.38. The number of rotatable bonds is 1. The molecule has 14 heavy (non-hydrogen) atoms. The van der Waals surface area contributed by atoms with Crippen LogP contribution in [0.25, 0.3) is 0 Å². The normalized spacial score (nSPS) is 17.6. The smallest absolute Gasteiger partial charge is 0.187 e. The van der Waals surface area contributed by atoms with Crippen molar-refractivity contribution in [3.05, 3.63) is 33.5 Å². The van der Waals surface area contributed by atoms with Crippen LogP contribution < -0.4 is 0 Å². The minimum absolute atomic E-state index is 0.297. The van der Waals surface area contributed by atoms with Crippen molar-refractivity contribution < 1.29 is 13.9 Å². The van der Waals surface area contributed by atoms with Crippen molar-refractivity contribution in [1.82, 2.24) is 0 Å². The molecule has 0 radical (unpaired) electrons. The molecule has 1 aliphatic heterocycles. The van der Waals surface area contributed by atoms with Gasteiger partial charge in [0.25, 0.3) is 0 Å². The third kappa shape index (κ3) is 1.69. The molecule has 2 nitrogen and oxygen atoms in total. The molecule has 0 unspecified atom stereocenters. The topological polar surface area (TPSA) is 18.5 Å². The lowest BCUT2D eigenvalue weighted by Gasteiger charge is -2.13. The predicted molar refractivity (Wildman–Crippen MR) is 53.5 cm³/mol. The summed E-state index contributed by atoms with van der Waals surface area (Å²) in [6, 6.07) is 3.15. The molecule has 1 aromatic carbocycles. The summed E-state index contributed by atoms with van der Waals surface area (Å²) in [6.45, 7) is 2.94. The van der Waals surface area contributed by atoms with Crippen molar-refractivity contribution in [1.29, 1.82) is 0 Å². The van der Waals surface area contributed by atoms with Gasteiger partial charge in [-0.05, 0) is 34.5 Å². The molecule has 2 rings (SSSR count). The molecule has 76 valence electrons. The van der Waals surface area contributed by atoms with Crippen LogP contribution in [0.3, 0.4) is 0 Å². The fourth-order valence-electron chi connectivity index (χ4n) is 1.42. The summed E-state index contributed by atoms with van der Waals surface area (Å²) in [5.74, 6) is -0.297. The van der Waals surface area contributed by atoms with Crippen molar-refractivity contribution in [3.8, 4) is 0 Å². The lowest BCUT2D eigenvalue weighted by molar-refractivity contribution is -0.0470. The Balaban J connectivity index is 2.44. The van der Waals surface area contributed by atoms with Crippen LogP contribution in [-0.4, -0.2) is 13.2 Å². The van der Waals surface area contributed by atoms with Gasteiger partial charge in [-0.2, -0.15) is 0 Å². The zero-order valence-corrected chi connectivity index (χ0v) is 9.30. The van der Waals surface area contributed by atoms with Crippen molar-refractivity contribution in [3.63, 3.8) is 0 Å². The van der Waals surface area contributed by atoms with Gasteiger partial charge < -0.3 is 9.47 Å². The quantitative estimate of drug-likeness (QED) is 0.773. The molecule has 0 atom stereocenters. The Hall–Kier alpha value is -0.450. The van der Waals surface area contributed by atoms with E-state index < -0.39 is 6.29 Å². The highest BCUT2D eigenvalue weighted by Gasteiger charge is 2.24. The van der Waals surface area contributed by atoms with E-state index in [4.69, 9.17) is 9.47 Å². The average molecular weight is 261 g/mol. The zero-order chi connectivity index (χ0) is 10.1. The fourth-order valence-corrected chi connectivity index (χ4v) is 1.93. The summed E-state index contributed by atoms with van der Waals surface area (Å²) in [5.41, 5.74) is 1.43. The van der Waals surface area contributed by atoms with Crippen LogP contribution in [0, 0.1) is 12.7 Å². The molecule has 0 N–H and O–H groups in total. The largest absolute Gasteiger partial charge is 0.346 e.